The van der Waals surface area contributed by atoms with Gasteiger partial charge in [0.2, 0.25) is 0 Å². The standard InChI is InChI=1S/C13H18BrN3O2/c1-3-7-17(8-11(15)16-19)13(18)10-6-4-5-9(2)12(10)14/h4-6,19H,3,7-8H2,1-2H3,(H2,15,16). The van der Waals surface area contributed by atoms with Crippen LogP contribution in [0.3, 0.4) is 0 Å². The van der Waals surface area contributed by atoms with Crippen molar-refractivity contribution >= 4 is 27.7 Å². The highest BCUT2D eigenvalue weighted by atomic mass is 79.9. The van der Waals surface area contributed by atoms with Crippen LogP contribution in [0, 0.1) is 6.92 Å². The Hall–Kier alpha value is -1.56. The first-order valence-corrected chi connectivity index (χ1v) is 6.81. The third-order valence-corrected chi connectivity index (χ3v) is 3.74. The summed E-state index contributed by atoms with van der Waals surface area (Å²) in [5.74, 6) is -0.116. The van der Waals surface area contributed by atoms with E-state index in [1.807, 2.05) is 26.0 Å². The first-order chi connectivity index (χ1) is 9.01. The summed E-state index contributed by atoms with van der Waals surface area (Å²) in [6.07, 6.45) is 0.799. The number of amidine groups is 1. The Morgan fingerprint density at radius 1 is 1.53 bits per heavy atom. The predicted octanol–water partition coefficient (Wildman–Crippen LogP) is 2.36. The van der Waals surface area contributed by atoms with Crippen molar-refractivity contribution in [1.82, 2.24) is 4.90 Å². The number of nitrogens with zero attached hydrogens (tertiary/aromatic N) is 2. The lowest BCUT2D eigenvalue weighted by Gasteiger charge is -2.22. The summed E-state index contributed by atoms with van der Waals surface area (Å²) < 4.78 is 0.778. The van der Waals surface area contributed by atoms with Crippen LogP contribution in [0.4, 0.5) is 0 Å². The Balaban J connectivity index is 3.02. The van der Waals surface area contributed by atoms with Crippen LogP contribution in [0.25, 0.3) is 0 Å². The molecule has 0 aliphatic heterocycles. The smallest absolute Gasteiger partial charge is 0.255 e. The van der Waals surface area contributed by atoms with Crippen LogP contribution in [0.1, 0.15) is 29.3 Å². The maximum atomic E-state index is 12.5. The minimum Gasteiger partial charge on any atom is -0.409 e. The molecule has 0 atom stereocenters. The molecule has 0 saturated carbocycles. The Bertz CT molecular complexity index is 489. The molecule has 0 radical (unpaired) electrons. The molecule has 1 rings (SSSR count). The third-order valence-electron chi connectivity index (χ3n) is 2.68. The molecule has 3 N–H and O–H groups in total. The largest absolute Gasteiger partial charge is 0.409 e. The fourth-order valence-corrected chi connectivity index (χ4v) is 2.17. The highest BCUT2D eigenvalue weighted by Crippen LogP contribution is 2.22. The van der Waals surface area contributed by atoms with Gasteiger partial charge < -0.3 is 15.8 Å². The summed E-state index contributed by atoms with van der Waals surface area (Å²) in [5, 5.41) is 11.5. The van der Waals surface area contributed by atoms with Crippen molar-refractivity contribution in [3.63, 3.8) is 0 Å². The number of oxime groups is 1. The van der Waals surface area contributed by atoms with Crippen molar-refractivity contribution in [3.05, 3.63) is 33.8 Å². The van der Waals surface area contributed by atoms with Gasteiger partial charge in [0.1, 0.15) is 0 Å². The van der Waals surface area contributed by atoms with E-state index >= 15 is 0 Å². The van der Waals surface area contributed by atoms with Gasteiger partial charge in [-0.15, -0.1) is 0 Å². The van der Waals surface area contributed by atoms with Crippen LogP contribution in [0.5, 0.6) is 0 Å². The second kappa shape index (κ2) is 7.13. The molecule has 0 heterocycles. The maximum absolute atomic E-state index is 12.5. The highest BCUT2D eigenvalue weighted by Gasteiger charge is 2.19. The third kappa shape index (κ3) is 3.96. The van der Waals surface area contributed by atoms with Crippen molar-refractivity contribution in [1.29, 1.82) is 0 Å². The van der Waals surface area contributed by atoms with Gasteiger partial charge in [0.05, 0.1) is 12.1 Å². The topological polar surface area (TPSA) is 78.9 Å². The number of hydrogen-bond acceptors (Lipinski definition) is 3. The van der Waals surface area contributed by atoms with E-state index in [-0.39, 0.29) is 18.3 Å². The SMILES string of the molecule is CCCN(C/C(N)=N/O)C(=O)c1cccc(C)c1Br. The number of carbonyl (C=O) groups is 1. The number of amides is 1. The Morgan fingerprint density at radius 2 is 2.21 bits per heavy atom. The number of carbonyl (C=O) groups excluding carboxylic acids is 1. The van der Waals surface area contributed by atoms with Gasteiger partial charge in [0.15, 0.2) is 5.84 Å². The van der Waals surface area contributed by atoms with Gasteiger partial charge in [-0.25, -0.2) is 0 Å². The van der Waals surface area contributed by atoms with E-state index in [0.717, 1.165) is 16.5 Å². The lowest BCUT2D eigenvalue weighted by atomic mass is 10.1. The highest BCUT2D eigenvalue weighted by molar-refractivity contribution is 9.10. The van der Waals surface area contributed by atoms with E-state index in [2.05, 4.69) is 21.1 Å². The summed E-state index contributed by atoms with van der Waals surface area (Å²) in [6.45, 7) is 4.56. The summed E-state index contributed by atoms with van der Waals surface area (Å²) in [5.41, 5.74) is 7.06. The zero-order valence-electron chi connectivity index (χ0n) is 11.1. The lowest BCUT2D eigenvalue weighted by molar-refractivity contribution is 0.0777. The molecular weight excluding hydrogens is 310 g/mol. The molecule has 104 valence electrons. The zero-order valence-corrected chi connectivity index (χ0v) is 12.6. The second-order valence-electron chi connectivity index (χ2n) is 4.25. The summed E-state index contributed by atoms with van der Waals surface area (Å²) in [7, 11) is 0. The summed E-state index contributed by atoms with van der Waals surface area (Å²) in [6, 6.07) is 5.52. The van der Waals surface area contributed by atoms with Crippen LogP contribution in [-0.4, -0.2) is 34.9 Å². The van der Waals surface area contributed by atoms with Gasteiger partial charge in [-0.2, -0.15) is 0 Å². The average Bonchev–Trinajstić information content (AvgIpc) is 2.40. The van der Waals surface area contributed by atoms with Crippen molar-refractivity contribution in [2.75, 3.05) is 13.1 Å². The van der Waals surface area contributed by atoms with E-state index in [4.69, 9.17) is 10.9 Å². The number of rotatable bonds is 5. The normalized spacial score (nSPS) is 11.4. The molecule has 0 fully saturated rings. The van der Waals surface area contributed by atoms with Gasteiger partial charge in [0.25, 0.3) is 5.91 Å². The molecule has 1 aromatic rings. The lowest BCUT2D eigenvalue weighted by Crippen LogP contribution is -2.39. The van der Waals surface area contributed by atoms with Gasteiger partial charge >= 0.3 is 0 Å². The quantitative estimate of drug-likeness (QED) is 0.377. The average molecular weight is 328 g/mol. The fraction of sp³-hybridized carbons (Fsp3) is 0.385. The molecule has 0 bridgehead atoms. The maximum Gasteiger partial charge on any atom is 0.255 e. The molecule has 5 nitrogen and oxygen atoms in total. The Labute approximate surface area is 121 Å². The number of aryl methyl sites for hydroxylation is 1. The van der Waals surface area contributed by atoms with Crippen LogP contribution < -0.4 is 5.73 Å². The Morgan fingerprint density at radius 3 is 2.79 bits per heavy atom. The van der Waals surface area contributed by atoms with E-state index in [9.17, 15) is 4.79 Å². The van der Waals surface area contributed by atoms with Gasteiger partial charge in [-0.3, -0.25) is 4.79 Å². The monoisotopic (exact) mass is 327 g/mol. The zero-order chi connectivity index (χ0) is 14.4. The Kier molecular flexibility index (Phi) is 5.82. The van der Waals surface area contributed by atoms with Crippen molar-refractivity contribution in [2.45, 2.75) is 20.3 Å². The van der Waals surface area contributed by atoms with Gasteiger partial charge in [-0.1, -0.05) is 24.2 Å². The molecule has 0 spiro atoms. The molecule has 6 heteroatoms. The van der Waals surface area contributed by atoms with E-state index in [1.165, 1.54) is 0 Å². The predicted molar refractivity (Wildman–Crippen MR) is 78.5 cm³/mol. The minimum atomic E-state index is -0.135. The van der Waals surface area contributed by atoms with Gasteiger partial charge in [-0.05, 0) is 40.9 Å². The van der Waals surface area contributed by atoms with Gasteiger partial charge in [0, 0.05) is 11.0 Å². The molecule has 0 aliphatic rings. The van der Waals surface area contributed by atoms with Crippen molar-refractivity contribution < 1.29 is 10.0 Å². The molecule has 19 heavy (non-hydrogen) atoms. The second-order valence-corrected chi connectivity index (χ2v) is 5.05. The molecule has 0 aliphatic carbocycles. The van der Waals surface area contributed by atoms with Crippen LogP contribution in [0.2, 0.25) is 0 Å². The molecule has 1 amide bonds. The molecule has 1 aromatic carbocycles. The molecule has 0 saturated heterocycles. The minimum absolute atomic E-state index is 0.0191. The van der Waals surface area contributed by atoms with Crippen LogP contribution in [0.15, 0.2) is 27.8 Å². The number of hydrogen-bond donors (Lipinski definition) is 2. The van der Waals surface area contributed by atoms with Crippen LogP contribution >= 0.6 is 15.9 Å². The number of halogens is 1. The van der Waals surface area contributed by atoms with E-state index in [0.29, 0.717) is 12.1 Å². The number of nitrogens with two attached hydrogens (primary N) is 1. The van der Waals surface area contributed by atoms with Crippen LogP contribution in [-0.2, 0) is 0 Å². The van der Waals surface area contributed by atoms with E-state index in [1.54, 1.807) is 11.0 Å². The molecule has 0 unspecified atom stereocenters. The first kappa shape index (κ1) is 15.5. The molecule has 0 aromatic heterocycles. The first-order valence-electron chi connectivity index (χ1n) is 6.02. The summed E-state index contributed by atoms with van der Waals surface area (Å²) >= 11 is 3.43. The van der Waals surface area contributed by atoms with Crippen molar-refractivity contribution in [3.8, 4) is 0 Å². The molecular formula is C13H18BrN3O2. The van der Waals surface area contributed by atoms with E-state index < -0.39 is 0 Å². The fourth-order valence-electron chi connectivity index (χ4n) is 1.73. The van der Waals surface area contributed by atoms with Crippen molar-refractivity contribution in [2.24, 2.45) is 10.9 Å². The summed E-state index contributed by atoms with van der Waals surface area (Å²) in [4.78, 5) is 14.0. The number of benzene rings is 1.